The van der Waals surface area contributed by atoms with Gasteiger partial charge < -0.3 is 5.32 Å². The monoisotopic (exact) mass is 395 g/mol. The predicted molar refractivity (Wildman–Crippen MR) is 110 cm³/mol. The van der Waals surface area contributed by atoms with Crippen molar-refractivity contribution in [2.45, 2.75) is 20.0 Å². The number of rotatable bonds is 5. The molecule has 0 aliphatic carbocycles. The molecule has 4 aromatic rings. The van der Waals surface area contributed by atoms with Gasteiger partial charge in [-0.15, -0.1) is 22.7 Å². The number of amides is 1. The molecule has 0 unspecified atom stereocenters. The molecule has 1 N–H and O–H groups in total. The van der Waals surface area contributed by atoms with Gasteiger partial charge in [-0.2, -0.15) is 0 Å². The summed E-state index contributed by atoms with van der Waals surface area (Å²) in [5.41, 5.74) is 1.80. The third-order valence-electron chi connectivity index (χ3n) is 4.31. The van der Waals surface area contributed by atoms with Gasteiger partial charge in [-0.1, -0.05) is 36.4 Å². The van der Waals surface area contributed by atoms with E-state index in [1.165, 1.54) is 22.2 Å². The largest absolute Gasteiger partial charge is 0.350 e. The summed E-state index contributed by atoms with van der Waals surface area (Å²) in [6, 6.07) is 13.9. The molecule has 0 spiro atoms. The number of aromatic nitrogens is 2. The Bertz CT molecular complexity index is 1150. The normalized spacial score (nSPS) is 11.0. The summed E-state index contributed by atoms with van der Waals surface area (Å²) in [5.74, 6) is -0.206. The SMILES string of the molecule is Cc1c(-c2ccccc2)sc2ncn(CC(=O)NCc3cccs3)c(=O)c12. The lowest BCUT2D eigenvalue weighted by Gasteiger charge is -2.06. The first kappa shape index (κ1) is 17.6. The van der Waals surface area contributed by atoms with E-state index in [0.29, 0.717) is 16.8 Å². The number of carbonyl (C=O) groups excluding carboxylic acids is 1. The Balaban J connectivity index is 1.61. The van der Waals surface area contributed by atoms with E-state index in [9.17, 15) is 9.59 Å². The van der Waals surface area contributed by atoms with Gasteiger partial charge in [-0.25, -0.2) is 4.98 Å². The number of hydrogen-bond donors (Lipinski definition) is 1. The number of fused-ring (bicyclic) bond motifs is 1. The molecule has 7 heteroatoms. The lowest BCUT2D eigenvalue weighted by atomic mass is 10.1. The van der Waals surface area contributed by atoms with E-state index in [4.69, 9.17) is 0 Å². The fourth-order valence-corrected chi connectivity index (χ4v) is 4.74. The summed E-state index contributed by atoms with van der Waals surface area (Å²) in [7, 11) is 0. The summed E-state index contributed by atoms with van der Waals surface area (Å²) < 4.78 is 1.38. The summed E-state index contributed by atoms with van der Waals surface area (Å²) in [4.78, 5) is 32.4. The average Bonchev–Trinajstić information content (AvgIpc) is 3.31. The average molecular weight is 396 g/mol. The molecule has 0 radical (unpaired) electrons. The maximum atomic E-state index is 12.9. The Hall–Kier alpha value is -2.77. The first-order chi connectivity index (χ1) is 13.1. The molecule has 0 atom stereocenters. The van der Waals surface area contributed by atoms with Crippen molar-refractivity contribution in [2.24, 2.45) is 0 Å². The van der Waals surface area contributed by atoms with Crippen molar-refractivity contribution in [3.63, 3.8) is 0 Å². The van der Waals surface area contributed by atoms with E-state index in [2.05, 4.69) is 10.3 Å². The van der Waals surface area contributed by atoms with Gasteiger partial charge in [-0.3, -0.25) is 14.2 Å². The quantitative estimate of drug-likeness (QED) is 0.559. The van der Waals surface area contributed by atoms with Crippen LogP contribution in [0.25, 0.3) is 20.7 Å². The van der Waals surface area contributed by atoms with Gasteiger partial charge in [-0.05, 0) is 29.5 Å². The minimum Gasteiger partial charge on any atom is -0.350 e. The zero-order chi connectivity index (χ0) is 18.8. The van der Waals surface area contributed by atoms with Crippen LogP contribution in [0.4, 0.5) is 0 Å². The van der Waals surface area contributed by atoms with Crippen LogP contribution in [0.1, 0.15) is 10.4 Å². The maximum absolute atomic E-state index is 12.9. The molecule has 0 bridgehead atoms. The van der Waals surface area contributed by atoms with E-state index in [1.54, 1.807) is 11.3 Å². The molecule has 5 nitrogen and oxygen atoms in total. The standard InChI is InChI=1S/C20H17N3O2S2/c1-13-17-19(27-18(13)14-6-3-2-4-7-14)22-12-23(20(17)25)11-16(24)21-10-15-8-5-9-26-15/h2-9,12H,10-11H2,1H3,(H,21,24). The highest BCUT2D eigenvalue weighted by molar-refractivity contribution is 7.22. The van der Waals surface area contributed by atoms with Gasteiger partial charge in [0.2, 0.25) is 5.91 Å². The van der Waals surface area contributed by atoms with Crippen LogP contribution in [0, 0.1) is 6.92 Å². The fourth-order valence-electron chi connectivity index (χ4n) is 2.95. The van der Waals surface area contributed by atoms with Crippen molar-refractivity contribution < 1.29 is 4.79 Å². The zero-order valence-corrected chi connectivity index (χ0v) is 16.3. The van der Waals surface area contributed by atoms with Gasteiger partial charge in [0.15, 0.2) is 0 Å². The van der Waals surface area contributed by atoms with Gasteiger partial charge >= 0.3 is 0 Å². The second-order valence-electron chi connectivity index (χ2n) is 6.14. The Morgan fingerprint density at radius 2 is 2.00 bits per heavy atom. The zero-order valence-electron chi connectivity index (χ0n) is 14.6. The van der Waals surface area contributed by atoms with Crippen LogP contribution in [-0.4, -0.2) is 15.5 Å². The number of nitrogens with one attached hydrogen (secondary N) is 1. The summed E-state index contributed by atoms with van der Waals surface area (Å²) in [6.07, 6.45) is 1.46. The molecule has 1 amide bonds. The third-order valence-corrected chi connectivity index (χ3v) is 6.43. The van der Waals surface area contributed by atoms with Gasteiger partial charge in [0, 0.05) is 9.75 Å². The topological polar surface area (TPSA) is 64.0 Å². The molecule has 136 valence electrons. The maximum Gasteiger partial charge on any atom is 0.262 e. The molecule has 0 fully saturated rings. The Morgan fingerprint density at radius 1 is 1.19 bits per heavy atom. The number of nitrogens with zero attached hydrogens (tertiary/aromatic N) is 2. The third kappa shape index (κ3) is 3.56. The number of thiophene rings is 2. The van der Waals surface area contributed by atoms with Crippen LogP contribution in [0.3, 0.4) is 0 Å². The van der Waals surface area contributed by atoms with Gasteiger partial charge in [0.05, 0.1) is 18.3 Å². The molecule has 0 saturated carbocycles. The van der Waals surface area contributed by atoms with Crippen LogP contribution >= 0.6 is 22.7 Å². The Labute approximate surface area is 163 Å². The summed E-state index contributed by atoms with van der Waals surface area (Å²) in [6.45, 7) is 2.37. The molecule has 1 aromatic carbocycles. The van der Waals surface area contributed by atoms with E-state index < -0.39 is 0 Å². The second-order valence-corrected chi connectivity index (χ2v) is 8.17. The van der Waals surface area contributed by atoms with Crippen LogP contribution in [-0.2, 0) is 17.9 Å². The predicted octanol–water partition coefficient (Wildman–Crippen LogP) is 3.81. The lowest BCUT2D eigenvalue weighted by Crippen LogP contribution is -2.32. The van der Waals surface area contributed by atoms with Crippen molar-refractivity contribution in [3.8, 4) is 10.4 Å². The number of hydrogen-bond acceptors (Lipinski definition) is 5. The molecular weight excluding hydrogens is 378 g/mol. The number of aryl methyl sites for hydroxylation is 1. The van der Waals surface area contributed by atoms with Crippen molar-refractivity contribution in [2.75, 3.05) is 0 Å². The summed E-state index contributed by atoms with van der Waals surface area (Å²) >= 11 is 3.09. The molecule has 3 aromatic heterocycles. The lowest BCUT2D eigenvalue weighted by molar-refractivity contribution is -0.121. The van der Waals surface area contributed by atoms with Crippen molar-refractivity contribution in [1.29, 1.82) is 0 Å². The highest BCUT2D eigenvalue weighted by atomic mass is 32.1. The van der Waals surface area contributed by atoms with Crippen molar-refractivity contribution in [1.82, 2.24) is 14.9 Å². The molecule has 0 saturated heterocycles. The Kier molecular flexibility index (Phi) is 4.87. The van der Waals surface area contributed by atoms with Crippen LogP contribution in [0.15, 0.2) is 59.0 Å². The highest BCUT2D eigenvalue weighted by Gasteiger charge is 2.16. The van der Waals surface area contributed by atoms with E-state index in [0.717, 1.165) is 20.9 Å². The Morgan fingerprint density at radius 3 is 2.74 bits per heavy atom. The number of benzene rings is 1. The summed E-state index contributed by atoms with van der Waals surface area (Å²) in [5, 5.41) is 5.40. The molecule has 0 aliphatic rings. The smallest absolute Gasteiger partial charge is 0.262 e. The van der Waals surface area contributed by atoms with Gasteiger partial charge in [0.1, 0.15) is 11.4 Å². The van der Waals surface area contributed by atoms with E-state index in [-0.39, 0.29) is 18.0 Å². The minimum atomic E-state index is -0.206. The van der Waals surface area contributed by atoms with Crippen LogP contribution in [0.5, 0.6) is 0 Å². The van der Waals surface area contributed by atoms with Crippen molar-refractivity contribution in [3.05, 3.63) is 75.0 Å². The molecule has 3 heterocycles. The molecule has 4 rings (SSSR count). The van der Waals surface area contributed by atoms with Crippen molar-refractivity contribution >= 4 is 38.8 Å². The first-order valence-corrected chi connectivity index (χ1v) is 10.2. The molecular formula is C20H17N3O2S2. The first-order valence-electron chi connectivity index (χ1n) is 8.46. The van der Waals surface area contributed by atoms with E-state index >= 15 is 0 Å². The van der Waals surface area contributed by atoms with Gasteiger partial charge in [0.25, 0.3) is 5.56 Å². The van der Waals surface area contributed by atoms with Crippen LogP contribution < -0.4 is 10.9 Å². The molecule has 27 heavy (non-hydrogen) atoms. The molecule has 0 aliphatic heterocycles. The van der Waals surface area contributed by atoms with E-state index in [1.807, 2.05) is 54.8 Å². The fraction of sp³-hybridized carbons (Fsp3) is 0.150. The highest BCUT2D eigenvalue weighted by Crippen LogP contribution is 2.35. The number of carbonyl (C=O) groups is 1. The minimum absolute atomic E-state index is 0.0386. The second kappa shape index (κ2) is 7.46. The van der Waals surface area contributed by atoms with Crippen LogP contribution in [0.2, 0.25) is 0 Å².